The molecule has 1 saturated carbocycles. The molecule has 1 aliphatic carbocycles. The molecule has 0 radical (unpaired) electrons. The monoisotopic (exact) mass is 238 g/mol. The number of para-hydroxylation sites is 1. The van der Waals surface area contributed by atoms with Gasteiger partial charge in [-0.3, -0.25) is 0 Å². The van der Waals surface area contributed by atoms with Crippen molar-refractivity contribution in [1.29, 1.82) is 0 Å². The van der Waals surface area contributed by atoms with E-state index < -0.39 is 0 Å². The normalized spacial score (nSPS) is 18.6. The molecular formula is C14H19ClO. The lowest BCUT2D eigenvalue weighted by Gasteiger charge is -2.23. The van der Waals surface area contributed by atoms with E-state index in [2.05, 4.69) is 12.1 Å². The molecule has 1 nitrogen and oxygen atoms in total. The molecule has 1 unspecified atom stereocenters. The van der Waals surface area contributed by atoms with Gasteiger partial charge in [0.05, 0.1) is 7.11 Å². The lowest BCUT2D eigenvalue weighted by atomic mass is 9.86. The molecule has 2 rings (SSSR count). The standard InChI is InChI=1S/C14H19ClO/c1-16-14-9-5-4-8-12(14)13(10-15)11-6-2-3-7-11/h4-5,8-9,11,13H,2-3,6-7,10H2,1H3. The van der Waals surface area contributed by atoms with E-state index in [0.29, 0.717) is 11.8 Å². The van der Waals surface area contributed by atoms with Crippen molar-refractivity contribution in [2.45, 2.75) is 31.6 Å². The van der Waals surface area contributed by atoms with Crippen molar-refractivity contribution in [3.63, 3.8) is 0 Å². The van der Waals surface area contributed by atoms with Gasteiger partial charge in [0.15, 0.2) is 0 Å². The molecule has 0 amide bonds. The van der Waals surface area contributed by atoms with Gasteiger partial charge in [0, 0.05) is 11.8 Å². The van der Waals surface area contributed by atoms with Crippen molar-refractivity contribution in [2.75, 3.05) is 13.0 Å². The Morgan fingerprint density at radius 1 is 1.31 bits per heavy atom. The number of ether oxygens (including phenoxy) is 1. The summed E-state index contributed by atoms with van der Waals surface area (Å²) in [6, 6.07) is 8.28. The summed E-state index contributed by atoms with van der Waals surface area (Å²) in [5, 5.41) is 0. The van der Waals surface area contributed by atoms with Gasteiger partial charge in [0.25, 0.3) is 0 Å². The highest BCUT2D eigenvalue weighted by atomic mass is 35.5. The first-order valence-corrected chi connectivity index (χ1v) is 6.59. The lowest BCUT2D eigenvalue weighted by molar-refractivity contribution is 0.391. The van der Waals surface area contributed by atoms with Crippen molar-refractivity contribution in [2.24, 2.45) is 5.92 Å². The molecule has 0 spiro atoms. The van der Waals surface area contributed by atoms with E-state index >= 15 is 0 Å². The van der Waals surface area contributed by atoms with Crippen LogP contribution in [-0.2, 0) is 0 Å². The van der Waals surface area contributed by atoms with Crippen LogP contribution >= 0.6 is 11.6 Å². The van der Waals surface area contributed by atoms with Crippen LogP contribution in [0.3, 0.4) is 0 Å². The highest BCUT2D eigenvalue weighted by molar-refractivity contribution is 6.18. The van der Waals surface area contributed by atoms with Crippen LogP contribution < -0.4 is 4.74 Å². The second-order valence-electron chi connectivity index (χ2n) is 4.55. The number of methoxy groups -OCH3 is 1. The van der Waals surface area contributed by atoms with Crippen LogP contribution in [-0.4, -0.2) is 13.0 Å². The van der Waals surface area contributed by atoms with Gasteiger partial charge in [-0.1, -0.05) is 31.0 Å². The van der Waals surface area contributed by atoms with Crippen LogP contribution in [0.1, 0.15) is 37.2 Å². The summed E-state index contributed by atoms with van der Waals surface area (Å²) >= 11 is 6.16. The van der Waals surface area contributed by atoms with E-state index in [4.69, 9.17) is 16.3 Å². The minimum absolute atomic E-state index is 0.459. The molecule has 0 aromatic heterocycles. The minimum Gasteiger partial charge on any atom is -0.496 e. The Morgan fingerprint density at radius 3 is 2.62 bits per heavy atom. The van der Waals surface area contributed by atoms with Gasteiger partial charge in [-0.15, -0.1) is 11.6 Å². The van der Waals surface area contributed by atoms with E-state index in [9.17, 15) is 0 Å². The molecule has 1 fully saturated rings. The second-order valence-corrected chi connectivity index (χ2v) is 4.86. The zero-order chi connectivity index (χ0) is 11.4. The van der Waals surface area contributed by atoms with Gasteiger partial charge in [0.2, 0.25) is 0 Å². The van der Waals surface area contributed by atoms with Gasteiger partial charge < -0.3 is 4.74 Å². The van der Waals surface area contributed by atoms with Crippen LogP contribution in [0.2, 0.25) is 0 Å². The van der Waals surface area contributed by atoms with Gasteiger partial charge in [0.1, 0.15) is 5.75 Å². The third-order valence-electron chi connectivity index (χ3n) is 3.67. The average molecular weight is 239 g/mol. The first-order chi connectivity index (χ1) is 7.86. The Bertz CT molecular complexity index is 331. The smallest absolute Gasteiger partial charge is 0.122 e. The maximum Gasteiger partial charge on any atom is 0.122 e. The molecule has 1 aromatic rings. The predicted molar refractivity (Wildman–Crippen MR) is 68.4 cm³/mol. The number of halogens is 1. The molecular weight excluding hydrogens is 220 g/mol. The fourth-order valence-electron chi connectivity index (χ4n) is 2.80. The third kappa shape index (κ3) is 2.35. The van der Waals surface area contributed by atoms with Crippen molar-refractivity contribution in [3.8, 4) is 5.75 Å². The quantitative estimate of drug-likeness (QED) is 0.714. The van der Waals surface area contributed by atoms with Crippen molar-refractivity contribution in [3.05, 3.63) is 29.8 Å². The van der Waals surface area contributed by atoms with Crippen molar-refractivity contribution >= 4 is 11.6 Å². The van der Waals surface area contributed by atoms with Crippen molar-refractivity contribution < 1.29 is 4.74 Å². The highest BCUT2D eigenvalue weighted by Gasteiger charge is 2.27. The molecule has 1 aromatic carbocycles. The largest absolute Gasteiger partial charge is 0.496 e. The molecule has 2 heteroatoms. The first kappa shape index (κ1) is 11.8. The third-order valence-corrected chi connectivity index (χ3v) is 4.01. The van der Waals surface area contributed by atoms with Crippen LogP contribution in [0, 0.1) is 5.92 Å². The number of alkyl halides is 1. The topological polar surface area (TPSA) is 9.23 Å². The Kier molecular flexibility index (Phi) is 4.11. The molecule has 1 aliphatic rings. The van der Waals surface area contributed by atoms with E-state index in [1.54, 1.807) is 7.11 Å². The number of hydrogen-bond acceptors (Lipinski definition) is 1. The summed E-state index contributed by atoms with van der Waals surface area (Å²) in [6.07, 6.45) is 5.34. The Morgan fingerprint density at radius 2 is 2.00 bits per heavy atom. The minimum atomic E-state index is 0.459. The summed E-state index contributed by atoms with van der Waals surface area (Å²) in [4.78, 5) is 0. The van der Waals surface area contributed by atoms with Crippen molar-refractivity contribution in [1.82, 2.24) is 0 Å². The Balaban J connectivity index is 2.24. The van der Waals surface area contributed by atoms with Gasteiger partial charge in [-0.25, -0.2) is 0 Å². The summed E-state index contributed by atoms with van der Waals surface area (Å²) in [7, 11) is 1.73. The van der Waals surface area contributed by atoms with Gasteiger partial charge >= 0.3 is 0 Å². The number of hydrogen-bond donors (Lipinski definition) is 0. The SMILES string of the molecule is COc1ccccc1C(CCl)C1CCCC1. The first-order valence-electron chi connectivity index (χ1n) is 6.05. The molecule has 0 saturated heterocycles. The fourth-order valence-corrected chi connectivity index (χ4v) is 3.21. The Labute approximate surface area is 103 Å². The average Bonchev–Trinajstić information content (AvgIpc) is 2.84. The molecule has 1 atom stereocenters. The van der Waals surface area contributed by atoms with E-state index in [1.165, 1.54) is 31.2 Å². The summed E-state index contributed by atoms with van der Waals surface area (Å²) in [5.74, 6) is 2.89. The molecule has 0 heterocycles. The maximum absolute atomic E-state index is 6.16. The second kappa shape index (κ2) is 5.58. The molecule has 0 bridgehead atoms. The van der Waals surface area contributed by atoms with E-state index in [-0.39, 0.29) is 0 Å². The fraction of sp³-hybridized carbons (Fsp3) is 0.571. The summed E-state index contributed by atoms with van der Waals surface area (Å²) in [5.41, 5.74) is 1.28. The zero-order valence-electron chi connectivity index (χ0n) is 9.79. The number of rotatable bonds is 4. The molecule has 0 N–H and O–H groups in total. The summed E-state index contributed by atoms with van der Waals surface area (Å²) < 4.78 is 5.43. The lowest BCUT2D eigenvalue weighted by Crippen LogP contribution is -2.12. The van der Waals surface area contributed by atoms with Crippen LogP contribution in [0.15, 0.2) is 24.3 Å². The van der Waals surface area contributed by atoms with E-state index in [0.717, 1.165) is 11.7 Å². The molecule has 88 valence electrons. The van der Waals surface area contributed by atoms with Gasteiger partial charge in [-0.2, -0.15) is 0 Å². The Hall–Kier alpha value is -0.690. The summed E-state index contributed by atoms with van der Waals surface area (Å²) in [6.45, 7) is 0. The van der Waals surface area contributed by atoms with Crippen LogP contribution in [0.5, 0.6) is 5.75 Å². The van der Waals surface area contributed by atoms with Gasteiger partial charge in [-0.05, 0) is 30.4 Å². The maximum atomic E-state index is 6.16. The predicted octanol–water partition coefficient (Wildman–Crippen LogP) is 4.21. The zero-order valence-corrected chi connectivity index (χ0v) is 10.5. The molecule has 16 heavy (non-hydrogen) atoms. The molecule has 0 aliphatic heterocycles. The number of benzene rings is 1. The van der Waals surface area contributed by atoms with Crippen LogP contribution in [0.25, 0.3) is 0 Å². The van der Waals surface area contributed by atoms with Crippen LogP contribution in [0.4, 0.5) is 0 Å². The van der Waals surface area contributed by atoms with E-state index in [1.807, 2.05) is 12.1 Å². The highest BCUT2D eigenvalue weighted by Crippen LogP contribution is 2.40.